The number of ether oxygens (including phenoxy) is 1. The molecule has 1 aromatic rings. The van der Waals surface area contributed by atoms with Crippen molar-refractivity contribution in [1.29, 1.82) is 0 Å². The molecule has 0 radical (unpaired) electrons. The molecule has 1 aliphatic rings. The number of amides is 5. The standard InChI is InChI=1S/C21H28N6O8/c1-3-10(2)17-21(32)25-14(9-16(22)28)20(31)24-13(18(23)29)6-7-35-15-5-4-11(27(33)34)8-12(15)19(30)26-17/h4-5,8,10,13-14,17H,3,6-7,9H2,1-2H3,(H2,22,28)(H2,23,29)(H,24,31)(H,25,32)(H,26,30)/t10?,13?,14-,17-/m0/s1. The van der Waals surface area contributed by atoms with Gasteiger partial charge < -0.3 is 32.2 Å². The first-order chi connectivity index (χ1) is 16.4. The fourth-order valence-electron chi connectivity index (χ4n) is 3.37. The predicted molar refractivity (Wildman–Crippen MR) is 121 cm³/mol. The number of nitro groups is 1. The summed E-state index contributed by atoms with van der Waals surface area (Å²) in [6.45, 7) is 3.24. The van der Waals surface area contributed by atoms with Crippen LogP contribution in [0.25, 0.3) is 0 Å². The van der Waals surface area contributed by atoms with E-state index < -0.39 is 64.9 Å². The fourth-order valence-corrected chi connectivity index (χ4v) is 3.37. The lowest BCUT2D eigenvalue weighted by atomic mass is 9.97. The Morgan fingerprint density at radius 2 is 1.86 bits per heavy atom. The molecule has 2 unspecified atom stereocenters. The molecule has 14 heteroatoms. The molecule has 4 atom stereocenters. The zero-order valence-corrected chi connectivity index (χ0v) is 19.2. The normalized spacial score (nSPS) is 22.2. The topological polar surface area (TPSA) is 226 Å². The van der Waals surface area contributed by atoms with Crippen LogP contribution in [-0.2, 0) is 19.2 Å². The summed E-state index contributed by atoms with van der Waals surface area (Å²) in [5.41, 5.74) is 10.00. The lowest BCUT2D eigenvalue weighted by Gasteiger charge is -2.27. The first-order valence-electron chi connectivity index (χ1n) is 10.8. The molecule has 2 rings (SSSR count). The second kappa shape index (κ2) is 11.8. The molecule has 14 nitrogen and oxygen atoms in total. The van der Waals surface area contributed by atoms with E-state index in [0.29, 0.717) is 6.42 Å². The maximum absolute atomic E-state index is 13.1. The second-order valence-corrected chi connectivity index (χ2v) is 8.11. The van der Waals surface area contributed by atoms with Crippen LogP contribution in [0.5, 0.6) is 5.75 Å². The van der Waals surface area contributed by atoms with Gasteiger partial charge in [-0.15, -0.1) is 0 Å². The van der Waals surface area contributed by atoms with Crippen LogP contribution in [0.2, 0.25) is 0 Å². The van der Waals surface area contributed by atoms with Crippen molar-refractivity contribution in [2.75, 3.05) is 6.61 Å². The van der Waals surface area contributed by atoms with Crippen LogP contribution in [0, 0.1) is 16.0 Å². The minimum Gasteiger partial charge on any atom is -0.493 e. The minimum absolute atomic E-state index is 0.0328. The maximum Gasteiger partial charge on any atom is 0.270 e. The van der Waals surface area contributed by atoms with E-state index in [1.165, 1.54) is 6.07 Å². The molecular formula is C21H28N6O8. The van der Waals surface area contributed by atoms with E-state index in [-0.39, 0.29) is 30.0 Å². The van der Waals surface area contributed by atoms with Crippen LogP contribution < -0.4 is 32.2 Å². The quantitative estimate of drug-likeness (QED) is 0.240. The summed E-state index contributed by atoms with van der Waals surface area (Å²) in [7, 11) is 0. The number of hydrogen-bond acceptors (Lipinski definition) is 8. The van der Waals surface area contributed by atoms with E-state index in [1.807, 2.05) is 0 Å². The van der Waals surface area contributed by atoms with Crippen LogP contribution in [0.1, 0.15) is 43.5 Å². The molecule has 7 N–H and O–H groups in total. The molecule has 0 aliphatic carbocycles. The van der Waals surface area contributed by atoms with Crippen molar-refractivity contribution in [3.63, 3.8) is 0 Å². The van der Waals surface area contributed by atoms with Crippen molar-refractivity contribution in [3.8, 4) is 5.75 Å². The van der Waals surface area contributed by atoms with Gasteiger partial charge in [-0.1, -0.05) is 20.3 Å². The van der Waals surface area contributed by atoms with E-state index in [0.717, 1.165) is 12.1 Å². The summed E-state index contributed by atoms with van der Waals surface area (Å²) >= 11 is 0. The highest BCUT2D eigenvalue weighted by Gasteiger charge is 2.33. The van der Waals surface area contributed by atoms with Crippen LogP contribution in [0.3, 0.4) is 0 Å². The molecule has 1 heterocycles. The Balaban J connectivity index is 2.55. The summed E-state index contributed by atoms with van der Waals surface area (Å²) in [5.74, 6) is -4.77. The van der Waals surface area contributed by atoms with Gasteiger partial charge in [-0.25, -0.2) is 0 Å². The van der Waals surface area contributed by atoms with Crippen LogP contribution in [0.15, 0.2) is 18.2 Å². The van der Waals surface area contributed by atoms with Crippen molar-refractivity contribution >= 4 is 35.2 Å². The zero-order chi connectivity index (χ0) is 26.3. The lowest BCUT2D eigenvalue weighted by molar-refractivity contribution is -0.384. The Labute approximate surface area is 200 Å². The van der Waals surface area contributed by atoms with Gasteiger partial charge in [0, 0.05) is 18.6 Å². The smallest absolute Gasteiger partial charge is 0.270 e. The number of rotatable bonds is 6. The number of nitrogens with two attached hydrogens (primary N) is 2. The third-order valence-electron chi connectivity index (χ3n) is 5.56. The first kappa shape index (κ1) is 27.0. The van der Waals surface area contributed by atoms with Gasteiger partial charge in [0.2, 0.25) is 23.6 Å². The van der Waals surface area contributed by atoms with E-state index in [2.05, 4.69) is 16.0 Å². The Morgan fingerprint density at radius 3 is 2.43 bits per heavy atom. The van der Waals surface area contributed by atoms with E-state index in [9.17, 15) is 34.1 Å². The molecule has 0 saturated carbocycles. The number of non-ortho nitro benzene ring substituents is 1. The monoisotopic (exact) mass is 492 g/mol. The van der Waals surface area contributed by atoms with E-state index >= 15 is 0 Å². The molecule has 0 fully saturated rings. The average molecular weight is 492 g/mol. The fraction of sp³-hybridized carbons (Fsp3) is 0.476. The number of primary amides is 2. The summed E-state index contributed by atoms with van der Waals surface area (Å²) < 4.78 is 5.58. The van der Waals surface area contributed by atoms with Gasteiger partial charge >= 0.3 is 0 Å². The number of fused-ring (bicyclic) bond motifs is 1. The van der Waals surface area contributed by atoms with E-state index in [1.54, 1.807) is 13.8 Å². The number of carbonyl (C=O) groups is 5. The van der Waals surface area contributed by atoms with Crippen LogP contribution >= 0.6 is 0 Å². The predicted octanol–water partition coefficient (Wildman–Crippen LogP) is -1.15. The van der Waals surface area contributed by atoms with Gasteiger partial charge in [0.05, 0.1) is 23.5 Å². The number of hydrogen-bond donors (Lipinski definition) is 5. The van der Waals surface area contributed by atoms with E-state index in [4.69, 9.17) is 16.2 Å². The molecule has 190 valence electrons. The van der Waals surface area contributed by atoms with Gasteiger partial charge in [-0.2, -0.15) is 0 Å². The van der Waals surface area contributed by atoms with Crippen molar-refractivity contribution < 1.29 is 33.6 Å². The molecule has 5 amide bonds. The summed E-state index contributed by atoms with van der Waals surface area (Å²) in [4.78, 5) is 72.9. The molecule has 0 aromatic heterocycles. The number of nitrogens with zero attached hydrogens (tertiary/aromatic N) is 1. The highest BCUT2D eigenvalue weighted by molar-refractivity contribution is 6.01. The van der Waals surface area contributed by atoms with Crippen molar-refractivity contribution in [1.82, 2.24) is 16.0 Å². The van der Waals surface area contributed by atoms with Crippen molar-refractivity contribution in [2.24, 2.45) is 17.4 Å². The molecule has 0 bridgehead atoms. The Bertz CT molecular complexity index is 1030. The summed E-state index contributed by atoms with van der Waals surface area (Å²) in [6.07, 6.45) is -0.269. The maximum atomic E-state index is 13.1. The molecular weight excluding hydrogens is 464 g/mol. The van der Waals surface area contributed by atoms with Gasteiger partial charge in [0.15, 0.2) is 0 Å². The number of carbonyl (C=O) groups excluding carboxylic acids is 5. The highest BCUT2D eigenvalue weighted by atomic mass is 16.6. The van der Waals surface area contributed by atoms with Crippen molar-refractivity contribution in [2.45, 2.75) is 51.2 Å². The van der Waals surface area contributed by atoms with Crippen LogP contribution in [-0.4, -0.2) is 59.2 Å². The average Bonchev–Trinajstić information content (AvgIpc) is 2.79. The van der Waals surface area contributed by atoms with Crippen LogP contribution in [0.4, 0.5) is 5.69 Å². The third kappa shape index (κ3) is 7.12. The molecule has 0 saturated heterocycles. The van der Waals surface area contributed by atoms with Crippen molar-refractivity contribution in [3.05, 3.63) is 33.9 Å². The summed E-state index contributed by atoms with van der Waals surface area (Å²) in [5, 5.41) is 18.5. The van der Waals surface area contributed by atoms with Gasteiger partial charge in [-0.3, -0.25) is 34.1 Å². The minimum atomic E-state index is -1.44. The largest absolute Gasteiger partial charge is 0.493 e. The Morgan fingerprint density at radius 1 is 1.17 bits per heavy atom. The third-order valence-corrected chi connectivity index (χ3v) is 5.56. The zero-order valence-electron chi connectivity index (χ0n) is 19.2. The molecule has 35 heavy (non-hydrogen) atoms. The summed E-state index contributed by atoms with van der Waals surface area (Å²) in [6, 6.07) is -0.502. The molecule has 1 aromatic carbocycles. The lowest BCUT2D eigenvalue weighted by Crippen LogP contribution is -2.58. The van der Waals surface area contributed by atoms with Gasteiger partial charge in [0.1, 0.15) is 23.9 Å². The second-order valence-electron chi connectivity index (χ2n) is 8.11. The number of nitro benzene ring substituents is 1. The first-order valence-corrected chi connectivity index (χ1v) is 10.8. The molecule has 1 aliphatic heterocycles. The SMILES string of the molecule is CCC(C)[C@@H]1NC(=O)c2cc([N+](=O)[O-])ccc2OCCC(C(N)=O)NC(=O)[C@H](CC(N)=O)NC1=O. The van der Waals surface area contributed by atoms with Gasteiger partial charge in [0.25, 0.3) is 11.6 Å². The molecule has 0 spiro atoms. The Hall–Kier alpha value is -4.23. The number of nitrogens with one attached hydrogen (secondary N) is 3. The highest BCUT2D eigenvalue weighted by Crippen LogP contribution is 2.25. The number of benzene rings is 1. The Kier molecular flexibility index (Phi) is 9.08. The van der Waals surface area contributed by atoms with Gasteiger partial charge in [-0.05, 0) is 12.0 Å².